The maximum absolute atomic E-state index is 12.2. The van der Waals surface area contributed by atoms with Crippen molar-refractivity contribution in [3.8, 4) is 0 Å². The fourth-order valence-electron chi connectivity index (χ4n) is 2.65. The number of nitrogens with one attached hydrogen (secondary N) is 1. The van der Waals surface area contributed by atoms with Crippen molar-refractivity contribution in [2.45, 2.75) is 51.6 Å². The summed E-state index contributed by atoms with van der Waals surface area (Å²) in [5.74, 6) is 1.22. The zero-order chi connectivity index (χ0) is 17.7. The summed E-state index contributed by atoms with van der Waals surface area (Å²) in [7, 11) is 3.41. The van der Waals surface area contributed by atoms with E-state index in [-0.39, 0.29) is 24.4 Å². The van der Waals surface area contributed by atoms with Gasteiger partial charge in [0.1, 0.15) is 5.76 Å². The van der Waals surface area contributed by atoms with E-state index in [4.69, 9.17) is 4.52 Å². The minimum Gasteiger partial charge on any atom is -0.361 e. The lowest BCUT2D eigenvalue weighted by Gasteiger charge is -2.22. The van der Waals surface area contributed by atoms with Gasteiger partial charge in [0.25, 0.3) is 0 Å². The van der Waals surface area contributed by atoms with E-state index < -0.39 is 0 Å². The van der Waals surface area contributed by atoms with Crippen molar-refractivity contribution in [3.63, 3.8) is 0 Å². The summed E-state index contributed by atoms with van der Waals surface area (Å²) >= 11 is 0. The maximum atomic E-state index is 12.2. The SMILES string of the molecule is CC(C)c1cc(CNC2CCC(=O)N(CC(=O)N(C)C)CC2)no1. The number of aromatic nitrogens is 1. The lowest BCUT2D eigenvalue weighted by atomic mass is 10.1. The predicted octanol–water partition coefficient (Wildman–Crippen LogP) is 1.36. The van der Waals surface area contributed by atoms with Crippen LogP contribution in [0.2, 0.25) is 0 Å². The lowest BCUT2D eigenvalue weighted by Crippen LogP contribution is -2.40. The van der Waals surface area contributed by atoms with Crippen molar-refractivity contribution in [1.82, 2.24) is 20.3 Å². The quantitative estimate of drug-likeness (QED) is 0.848. The van der Waals surface area contributed by atoms with Gasteiger partial charge in [-0.1, -0.05) is 19.0 Å². The molecule has 0 saturated carbocycles. The Bertz CT molecular complexity index is 568. The van der Waals surface area contributed by atoms with Gasteiger partial charge < -0.3 is 19.6 Å². The van der Waals surface area contributed by atoms with Crippen molar-refractivity contribution in [2.75, 3.05) is 27.2 Å². The van der Waals surface area contributed by atoms with Crippen LogP contribution in [-0.2, 0) is 16.1 Å². The van der Waals surface area contributed by atoms with E-state index in [9.17, 15) is 9.59 Å². The van der Waals surface area contributed by atoms with Crippen LogP contribution >= 0.6 is 0 Å². The number of hydrogen-bond donors (Lipinski definition) is 1. The van der Waals surface area contributed by atoms with Gasteiger partial charge in [0.05, 0.1) is 12.2 Å². The summed E-state index contributed by atoms with van der Waals surface area (Å²) in [6.07, 6.45) is 2.08. The lowest BCUT2D eigenvalue weighted by molar-refractivity contribution is -0.138. The predicted molar refractivity (Wildman–Crippen MR) is 90.3 cm³/mol. The molecular formula is C17H28N4O3. The third-order valence-corrected chi connectivity index (χ3v) is 4.35. The average molecular weight is 336 g/mol. The van der Waals surface area contributed by atoms with Crippen molar-refractivity contribution >= 4 is 11.8 Å². The zero-order valence-electron chi connectivity index (χ0n) is 15.0. The molecule has 1 fully saturated rings. The molecule has 2 heterocycles. The molecule has 0 aliphatic carbocycles. The van der Waals surface area contributed by atoms with Gasteiger partial charge in [-0.05, 0) is 12.8 Å². The first-order chi connectivity index (χ1) is 11.4. The first-order valence-corrected chi connectivity index (χ1v) is 8.53. The van der Waals surface area contributed by atoms with E-state index >= 15 is 0 Å². The second kappa shape index (κ2) is 8.28. The number of carbonyl (C=O) groups excluding carboxylic acids is 2. The van der Waals surface area contributed by atoms with Gasteiger partial charge >= 0.3 is 0 Å². The Morgan fingerprint density at radius 2 is 2.21 bits per heavy atom. The molecule has 7 nitrogen and oxygen atoms in total. The minimum absolute atomic E-state index is 0.0430. The van der Waals surface area contributed by atoms with E-state index in [1.807, 2.05) is 6.07 Å². The standard InChI is InChI=1S/C17H28N4O3/c1-12(2)15-9-14(19-24-15)10-18-13-5-6-16(22)21(8-7-13)11-17(23)20(3)4/h9,12-13,18H,5-8,10-11H2,1-4H3. The van der Waals surface area contributed by atoms with Crippen LogP contribution in [0.15, 0.2) is 10.6 Å². The highest BCUT2D eigenvalue weighted by Crippen LogP contribution is 2.16. The Balaban J connectivity index is 1.83. The summed E-state index contributed by atoms with van der Waals surface area (Å²) in [5, 5.41) is 7.52. The van der Waals surface area contributed by atoms with E-state index in [1.165, 1.54) is 4.90 Å². The number of hydrogen-bond acceptors (Lipinski definition) is 5. The Labute approximate surface area is 143 Å². The number of amides is 2. The fourth-order valence-corrected chi connectivity index (χ4v) is 2.65. The van der Waals surface area contributed by atoms with Gasteiger partial charge in [0.2, 0.25) is 11.8 Å². The first kappa shape index (κ1) is 18.4. The van der Waals surface area contributed by atoms with E-state index in [2.05, 4.69) is 24.3 Å². The van der Waals surface area contributed by atoms with E-state index in [1.54, 1.807) is 19.0 Å². The molecule has 1 saturated heterocycles. The smallest absolute Gasteiger partial charge is 0.241 e. The van der Waals surface area contributed by atoms with Crippen molar-refractivity contribution < 1.29 is 14.1 Å². The topological polar surface area (TPSA) is 78.7 Å². The second-order valence-electron chi connectivity index (χ2n) is 6.88. The average Bonchev–Trinajstić information content (AvgIpc) is 2.94. The Kier molecular flexibility index (Phi) is 6.36. The van der Waals surface area contributed by atoms with Crippen molar-refractivity contribution in [1.29, 1.82) is 0 Å². The molecule has 134 valence electrons. The van der Waals surface area contributed by atoms with Crippen LogP contribution < -0.4 is 5.32 Å². The highest BCUT2D eigenvalue weighted by atomic mass is 16.5. The first-order valence-electron chi connectivity index (χ1n) is 8.53. The van der Waals surface area contributed by atoms with Gasteiger partial charge in [-0.2, -0.15) is 0 Å². The van der Waals surface area contributed by atoms with Crippen LogP contribution in [0.3, 0.4) is 0 Å². The molecular weight excluding hydrogens is 308 g/mol. The maximum Gasteiger partial charge on any atom is 0.241 e. The number of likely N-dealkylation sites (tertiary alicyclic amines) is 1. The van der Waals surface area contributed by atoms with Crippen LogP contribution in [0.5, 0.6) is 0 Å². The summed E-state index contributed by atoms with van der Waals surface area (Å²) in [4.78, 5) is 27.2. The molecule has 7 heteroatoms. The molecule has 1 N–H and O–H groups in total. The van der Waals surface area contributed by atoms with Crippen LogP contribution in [0.1, 0.15) is 50.5 Å². The molecule has 0 aromatic carbocycles. The molecule has 1 atom stereocenters. The molecule has 0 bridgehead atoms. The third-order valence-electron chi connectivity index (χ3n) is 4.35. The monoisotopic (exact) mass is 336 g/mol. The highest BCUT2D eigenvalue weighted by Gasteiger charge is 2.24. The summed E-state index contributed by atoms with van der Waals surface area (Å²) < 4.78 is 5.30. The van der Waals surface area contributed by atoms with Gasteiger partial charge in [-0.15, -0.1) is 0 Å². The normalized spacial score (nSPS) is 18.8. The molecule has 1 aliphatic heterocycles. The fraction of sp³-hybridized carbons (Fsp3) is 0.706. The molecule has 1 aromatic heterocycles. The summed E-state index contributed by atoms with van der Waals surface area (Å²) in [5.41, 5.74) is 0.883. The van der Waals surface area contributed by atoms with Crippen LogP contribution in [0.4, 0.5) is 0 Å². The Hall–Kier alpha value is -1.89. The molecule has 1 aliphatic rings. The van der Waals surface area contributed by atoms with Crippen LogP contribution in [-0.4, -0.2) is 60.0 Å². The Morgan fingerprint density at radius 3 is 2.83 bits per heavy atom. The summed E-state index contributed by atoms with van der Waals surface area (Å²) in [6, 6.07) is 2.22. The van der Waals surface area contributed by atoms with Gasteiger partial charge in [-0.3, -0.25) is 9.59 Å². The molecule has 2 amide bonds. The van der Waals surface area contributed by atoms with Crippen molar-refractivity contribution in [3.05, 3.63) is 17.5 Å². The number of rotatable bonds is 6. The largest absolute Gasteiger partial charge is 0.361 e. The zero-order valence-corrected chi connectivity index (χ0v) is 15.0. The minimum atomic E-state index is -0.0430. The second-order valence-corrected chi connectivity index (χ2v) is 6.88. The molecule has 1 unspecified atom stereocenters. The van der Waals surface area contributed by atoms with Crippen LogP contribution in [0.25, 0.3) is 0 Å². The number of carbonyl (C=O) groups is 2. The Morgan fingerprint density at radius 1 is 1.46 bits per heavy atom. The number of nitrogens with zero attached hydrogens (tertiary/aromatic N) is 3. The number of likely N-dealkylation sites (N-methyl/N-ethyl adjacent to an activating group) is 1. The molecule has 2 rings (SSSR count). The van der Waals surface area contributed by atoms with Gasteiger partial charge in [-0.25, -0.2) is 0 Å². The van der Waals surface area contributed by atoms with Gasteiger partial charge in [0, 0.05) is 51.6 Å². The molecule has 0 radical (unpaired) electrons. The summed E-state index contributed by atoms with van der Waals surface area (Å²) in [6.45, 7) is 5.54. The molecule has 24 heavy (non-hydrogen) atoms. The van der Waals surface area contributed by atoms with Crippen molar-refractivity contribution in [2.24, 2.45) is 0 Å². The highest BCUT2D eigenvalue weighted by molar-refractivity contribution is 5.84. The van der Waals surface area contributed by atoms with Gasteiger partial charge in [0.15, 0.2) is 0 Å². The van der Waals surface area contributed by atoms with E-state index in [0.717, 1.165) is 24.3 Å². The van der Waals surface area contributed by atoms with E-state index in [0.29, 0.717) is 25.4 Å². The molecule has 0 spiro atoms. The third kappa shape index (κ3) is 5.06. The van der Waals surface area contributed by atoms with Crippen LogP contribution in [0, 0.1) is 0 Å². The molecule has 1 aromatic rings.